The average Bonchev–Trinajstić information content (AvgIpc) is 2.21. The van der Waals surface area contributed by atoms with Gasteiger partial charge in [0.1, 0.15) is 5.82 Å². The lowest BCUT2D eigenvalue weighted by atomic mass is 10.1. The molecule has 0 unspecified atom stereocenters. The minimum Gasteiger partial charge on any atom is -0.478 e. The number of halogens is 1. The van der Waals surface area contributed by atoms with E-state index in [1.807, 2.05) is 4.72 Å². The van der Waals surface area contributed by atoms with Crippen LogP contribution in [0.3, 0.4) is 0 Å². The van der Waals surface area contributed by atoms with Crippen LogP contribution in [0.4, 0.5) is 4.39 Å². The predicted octanol–water partition coefficient (Wildman–Crippen LogP) is 0.740. The minimum absolute atomic E-state index is 0.112. The number of sulfonamides is 1. The smallest absolute Gasteiger partial charge is 0.335 e. The van der Waals surface area contributed by atoms with Crippen LogP contribution in [0.1, 0.15) is 15.9 Å². The Bertz CT molecular complexity index is 539. The molecule has 0 amide bonds. The van der Waals surface area contributed by atoms with E-state index in [0.29, 0.717) is 0 Å². The first-order chi connectivity index (χ1) is 7.29. The van der Waals surface area contributed by atoms with Crippen LogP contribution in [0.2, 0.25) is 0 Å². The molecule has 0 aliphatic heterocycles. The van der Waals surface area contributed by atoms with Crippen LogP contribution in [0.5, 0.6) is 0 Å². The molecule has 2 N–H and O–H groups in total. The first-order valence-electron chi connectivity index (χ1n) is 4.26. The molecular weight excluding hydrogens is 237 g/mol. The molecule has 0 spiro atoms. The van der Waals surface area contributed by atoms with Gasteiger partial charge in [-0.3, -0.25) is 0 Å². The molecule has 0 aromatic heterocycles. The van der Waals surface area contributed by atoms with E-state index in [9.17, 15) is 17.6 Å². The first kappa shape index (κ1) is 12.6. The Morgan fingerprint density at radius 1 is 1.44 bits per heavy atom. The standard InChI is InChI=1S/C9H10FNO4S/c1-5-7(10)3-6(9(12)13)4-8(5)16(14,15)11-2/h3-4,11H,1-2H3,(H,12,13). The summed E-state index contributed by atoms with van der Waals surface area (Å²) in [6.07, 6.45) is 0. The zero-order valence-electron chi connectivity index (χ0n) is 8.61. The van der Waals surface area contributed by atoms with Crippen molar-refractivity contribution in [3.8, 4) is 0 Å². The van der Waals surface area contributed by atoms with E-state index in [4.69, 9.17) is 5.11 Å². The maximum Gasteiger partial charge on any atom is 0.335 e. The quantitative estimate of drug-likeness (QED) is 0.825. The van der Waals surface area contributed by atoms with Gasteiger partial charge < -0.3 is 5.11 Å². The summed E-state index contributed by atoms with van der Waals surface area (Å²) in [6.45, 7) is 1.27. The monoisotopic (exact) mass is 247 g/mol. The highest BCUT2D eigenvalue weighted by Crippen LogP contribution is 2.20. The molecule has 1 rings (SSSR count). The van der Waals surface area contributed by atoms with Crippen LogP contribution in [0.25, 0.3) is 0 Å². The zero-order valence-corrected chi connectivity index (χ0v) is 9.43. The first-order valence-corrected chi connectivity index (χ1v) is 5.75. The fraction of sp³-hybridized carbons (Fsp3) is 0.222. The highest BCUT2D eigenvalue weighted by Gasteiger charge is 2.20. The van der Waals surface area contributed by atoms with Gasteiger partial charge in [0.05, 0.1) is 10.5 Å². The Labute approximate surface area is 92.0 Å². The molecule has 1 aromatic rings. The van der Waals surface area contributed by atoms with Crippen molar-refractivity contribution < 1.29 is 22.7 Å². The molecule has 0 atom stereocenters. The molecule has 7 heteroatoms. The SMILES string of the molecule is CNS(=O)(=O)c1cc(C(=O)O)cc(F)c1C. The molecule has 0 heterocycles. The molecule has 88 valence electrons. The molecule has 0 aliphatic carbocycles. The van der Waals surface area contributed by atoms with E-state index in [1.54, 1.807) is 0 Å². The largest absolute Gasteiger partial charge is 0.478 e. The fourth-order valence-corrected chi connectivity index (χ4v) is 2.17. The van der Waals surface area contributed by atoms with Gasteiger partial charge in [0.2, 0.25) is 10.0 Å². The van der Waals surface area contributed by atoms with E-state index >= 15 is 0 Å². The molecule has 0 aliphatic rings. The van der Waals surface area contributed by atoms with Crippen LogP contribution < -0.4 is 4.72 Å². The topological polar surface area (TPSA) is 83.5 Å². The highest BCUT2D eigenvalue weighted by molar-refractivity contribution is 7.89. The third kappa shape index (κ3) is 2.20. The lowest BCUT2D eigenvalue weighted by Gasteiger charge is -2.08. The third-order valence-corrected chi connectivity index (χ3v) is 3.64. The molecular formula is C9H10FNO4S. The summed E-state index contributed by atoms with van der Waals surface area (Å²) >= 11 is 0. The number of hydrogen-bond acceptors (Lipinski definition) is 3. The molecule has 0 saturated heterocycles. The van der Waals surface area contributed by atoms with Crippen LogP contribution >= 0.6 is 0 Å². The van der Waals surface area contributed by atoms with Gasteiger partial charge in [-0.05, 0) is 26.1 Å². The molecule has 0 radical (unpaired) electrons. The van der Waals surface area contributed by atoms with Crippen molar-refractivity contribution >= 4 is 16.0 Å². The van der Waals surface area contributed by atoms with Crippen molar-refractivity contribution in [1.29, 1.82) is 0 Å². The van der Waals surface area contributed by atoms with Crippen molar-refractivity contribution in [3.63, 3.8) is 0 Å². The Morgan fingerprint density at radius 2 is 2.00 bits per heavy atom. The Morgan fingerprint density at radius 3 is 2.44 bits per heavy atom. The van der Waals surface area contributed by atoms with Crippen molar-refractivity contribution in [2.24, 2.45) is 0 Å². The van der Waals surface area contributed by atoms with Crippen molar-refractivity contribution in [2.75, 3.05) is 7.05 Å². The number of nitrogens with one attached hydrogen (secondary N) is 1. The molecule has 0 fully saturated rings. The summed E-state index contributed by atoms with van der Waals surface area (Å²) in [5.41, 5.74) is -0.517. The van der Waals surface area contributed by atoms with E-state index in [-0.39, 0.29) is 10.5 Å². The van der Waals surface area contributed by atoms with Crippen LogP contribution in [-0.4, -0.2) is 26.5 Å². The summed E-state index contributed by atoms with van der Waals surface area (Å²) in [5.74, 6) is -2.25. The Kier molecular flexibility index (Phi) is 3.30. The molecule has 1 aromatic carbocycles. The number of carboxylic acid groups (broad SMARTS) is 1. The second-order valence-corrected chi connectivity index (χ2v) is 4.95. The molecule has 0 saturated carbocycles. The average molecular weight is 247 g/mol. The Hall–Kier alpha value is -1.47. The third-order valence-electron chi connectivity index (χ3n) is 2.10. The minimum atomic E-state index is -3.86. The van der Waals surface area contributed by atoms with Crippen molar-refractivity contribution in [1.82, 2.24) is 4.72 Å². The van der Waals surface area contributed by atoms with Gasteiger partial charge in [-0.25, -0.2) is 22.3 Å². The second-order valence-electron chi connectivity index (χ2n) is 3.09. The van der Waals surface area contributed by atoms with Crippen LogP contribution in [-0.2, 0) is 10.0 Å². The summed E-state index contributed by atoms with van der Waals surface area (Å²) in [4.78, 5) is 10.3. The Balaban J connectivity index is 3.57. The van der Waals surface area contributed by atoms with E-state index < -0.39 is 27.4 Å². The normalized spacial score (nSPS) is 11.4. The highest BCUT2D eigenvalue weighted by atomic mass is 32.2. The van der Waals surface area contributed by atoms with Gasteiger partial charge in [0.15, 0.2) is 0 Å². The van der Waals surface area contributed by atoms with Gasteiger partial charge in [-0.1, -0.05) is 0 Å². The number of hydrogen-bond donors (Lipinski definition) is 2. The number of rotatable bonds is 3. The summed E-state index contributed by atoms with van der Waals surface area (Å²) in [6, 6.07) is 1.71. The molecule has 5 nitrogen and oxygen atoms in total. The van der Waals surface area contributed by atoms with Gasteiger partial charge in [-0.2, -0.15) is 0 Å². The van der Waals surface area contributed by atoms with Gasteiger partial charge in [-0.15, -0.1) is 0 Å². The second kappa shape index (κ2) is 4.18. The van der Waals surface area contributed by atoms with Crippen LogP contribution in [0, 0.1) is 12.7 Å². The van der Waals surface area contributed by atoms with Gasteiger partial charge >= 0.3 is 5.97 Å². The van der Waals surface area contributed by atoms with Crippen molar-refractivity contribution in [3.05, 3.63) is 29.1 Å². The van der Waals surface area contributed by atoms with E-state index in [0.717, 1.165) is 12.1 Å². The number of benzene rings is 1. The lowest BCUT2D eigenvalue weighted by Crippen LogP contribution is -2.20. The number of aromatic carboxylic acids is 1. The number of carboxylic acids is 1. The zero-order chi connectivity index (χ0) is 12.5. The summed E-state index contributed by atoms with van der Waals surface area (Å²) in [5, 5.41) is 8.68. The molecule has 16 heavy (non-hydrogen) atoms. The lowest BCUT2D eigenvalue weighted by molar-refractivity contribution is 0.0696. The van der Waals surface area contributed by atoms with E-state index in [2.05, 4.69) is 0 Å². The number of carbonyl (C=O) groups is 1. The fourth-order valence-electron chi connectivity index (χ4n) is 1.17. The van der Waals surface area contributed by atoms with Crippen molar-refractivity contribution in [2.45, 2.75) is 11.8 Å². The summed E-state index contributed by atoms with van der Waals surface area (Å²) < 4.78 is 38.3. The molecule has 0 bridgehead atoms. The van der Waals surface area contributed by atoms with Gasteiger partial charge in [0.25, 0.3) is 0 Å². The summed E-state index contributed by atoms with van der Waals surface area (Å²) in [7, 11) is -2.69. The van der Waals surface area contributed by atoms with Gasteiger partial charge in [0, 0.05) is 5.56 Å². The predicted molar refractivity (Wildman–Crippen MR) is 54.3 cm³/mol. The van der Waals surface area contributed by atoms with E-state index in [1.165, 1.54) is 14.0 Å². The maximum atomic E-state index is 13.3. The maximum absolute atomic E-state index is 13.3. The van der Waals surface area contributed by atoms with Crippen LogP contribution in [0.15, 0.2) is 17.0 Å².